The summed E-state index contributed by atoms with van der Waals surface area (Å²) in [5.41, 5.74) is 1.85. The number of halogens is 1. The van der Waals surface area contributed by atoms with Gasteiger partial charge in [-0.05, 0) is 70.7 Å². The van der Waals surface area contributed by atoms with E-state index in [2.05, 4.69) is 21.2 Å². The molecule has 2 N–H and O–H groups in total. The van der Waals surface area contributed by atoms with Crippen molar-refractivity contribution >= 4 is 39.9 Å². The largest absolute Gasteiger partial charge is 0.490 e. The van der Waals surface area contributed by atoms with E-state index in [1.165, 1.54) is 17.0 Å². The summed E-state index contributed by atoms with van der Waals surface area (Å²) in [7, 11) is 0. The lowest BCUT2D eigenvalue weighted by Gasteiger charge is -2.15. The van der Waals surface area contributed by atoms with E-state index in [1.807, 2.05) is 13.8 Å². The van der Waals surface area contributed by atoms with Crippen LogP contribution in [0.1, 0.15) is 41.8 Å². The monoisotopic (exact) mass is 502 g/mol. The first-order chi connectivity index (χ1) is 15.3. The van der Waals surface area contributed by atoms with E-state index in [4.69, 9.17) is 14.6 Å². The van der Waals surface area contributed by atoms with Gasteiger partial charge in [0.2, 0.25) is 0 Å². The molecule has 1 aliphatic rings. The molecule has 3 rings (SSSR count). The Morgan fingerprint density at radius 2 is 1.88 bits per heavy atom. The molecule has 3 amide bonds. The number of carboxylic acids is 1. The molecule has 2 aromatic rings. The number of carboxylic acid groups (broad SMARTS) is 1. The summed E-state index contributed by atoms with van der Waals surface area (Å²) >= 11 is 3.49. The number of amides is 3. The molecule has 168 valence electrons. The first-order valence-electron chi connectivity index (χ1n) is 10.1. The number of carbonyl (C=O) groups is 3. The van der Waals surface area contributed by atoms with Crippen molar-refractivity contribution in [2.45, 2.75) is 26.9 Å². The van der Waals surface area contributed by atoms with Crippen molar-refractivity contribution in [3.8, 4) is 11.5 Å². The fraction of sp³-hybridized carbons (Fsp3) is 0.261. The molecule has 9 heteroatoms. The SMILES string of the molecule is CCCN1C(=O)NC(=Cc2cc(Br)c(OCc3ccc(C(=O)O)cc3)c(OCC)c2)C1=O. The quantitative estimate of drug-likeness (QED) is 0.388. The van der Waals surface area contributed by atoms with Gasteiger partial charge in [-0.2, -0.15) is 0 Å². The lowest BCUT2D eigenvalue weighted by atomic mass is 10.1. The second-order valence-corrected chi connectivity index (χ2v) is 7.85. The van der Waals surface area contributed by atoms with Crippen molar-refractivity contribution in [2.75, 3.05) is 13.2 Å². The third kappa shape index (κ3) is 5.28. The van der Waals surface area contributed by atoms with Gasteiger partial charge in [0.05, 0.1) is 16.6 Å². The lowest BCUT2D eigenvalue weighted by Crippen LogP contribution is -2.31. The van der Waals surface area contributed by atoms with Crippen LogP contribution in [0.15, 0.2) is 46.6 Å². The Morgan fingerprint density at radius 3 is 2.50 bits per heavy atom. The third-order valence-corrected chi connectivity index (χ3v) is 5.23. The molecule has 0 aromatic heterocycles. The van der Waals surface area contributed by atoms with Gasteiger partial charge in [0, 0.05) is 6.54 Å². The Bertz CT molecular complexity index is 1060. The highest BCUT2D eigenvalue weighted by Gasteiger charge is 2.32. The van der Waals surface area contributed by atoms with Gasteiger partial charge in [-0.1, -0.05) is 19.1 Å². The van der Waals surface area contributed by atoms with Crippen LogP contribution in [0.25, 0.3) is 6.08 Å². The topological polar surface area (TPSA) is 105 Å². The molecule has 0 bridgehead atoms. The number of nitrogens with one attached hydrogen (secondary N) is 1. The number of benzene rings is 2. The first kappa shape index (κ1) is 23.3. The maximum Gasteiger partial charge on any atom is 0.335 e. The summed E-state index contributed by atoms with van der Waals surface area (Å²) in [6.45, 7) is 4.70. The summed E-state index contributed by atoms with van der Waals surface area (Å²) in [6.07, 6.45) is 2.27. The fourth-order valence-electron chi connectivity index (χ4n) is 3.14. The Morgan fingerprint density at radius 1 is 1.16 bits per heavy atom. The van der Waals surface area contributed by atoms with Crippen molar-refractivity contribution in [3.05, 3.63) is 63.3 Å². The van der Waals surface area contributed by atoms with Crippen LogP contribution in [0, 0.1) is 0 Å². The second-order valence-electron chi connectivity index (χ2n) is 7.00. The van der Waals surface area contributed by atoms with Gasteiger partial charge in [-0.15, -0.1) is 0 Å². The first-order valence-corrected chi connectivity index (χ1v) is 10.9. The van der Waals surface area contributed by atoms with Crippen molar-refractivity contribution < 1.29 is 29.0 Å². The maximum absolute atomic E-state index is 12.5. The highest BCUT2D eigenvalue weighted by molar-refractivity contribution is 9.10. The minimum absolute atomic E-state index is 0.199. The van der Waals surface area contributed by atoms with Crippen LogP contribution >= 0.6 is 15.9 Å². The summed E-state index contributed by atoms with van der Waals surface area (Å²) in [5.74, 6) is -0.404. The number of nitrogens with zero attached hydrogens (tertiary/aromatic N) is 1. The van der Waals surface area contributed by atoms with Crippen molar-refractivity contribution in [1.29, 1.82) is 0 Å². The predicted octanol–water partition coefficient (Wildman–Crippen LogP) is 4.43. The highest BCUT2D eigenvalue weighted by Crippen LogP contribution is 2.38. The normalized spacial score (nSPS) is 14.6. The van der Waals surface area contributed by atoms with Crippen LogP contribution in [0.4, 0.5) is 4.79 Å². The van der Waals surface area contributed by atoms with Crippen LogP contribution in [-0.2, 0) is 11.4 Å². The van der Waals surface area contributed by atoms with E-state index in [9.17, 15) is 14.4 Å². The molecule has 2 aromatic carbocycles. The molecule has 0 spiro atoms. The zero-order chi connectivity index (χ0) is 23.3. The standard InChI is InChI=1S/C23H23BrN2O6/c1-3-9-26-21(27)18(25-23(26)30)11-15-10-17(24)20(19(12-15)31-4-2)32-13-14-5-7-16(8-6-14)22(28)29/h5-8,10-12H,3-4,9,13H2,1-2H3,(H,25,30)(H,28,29). The van der Waals surface area contributed by atoms with Gasteiger partial charge >= 0.3 is 12.0 Å². The Balaban J connectivity index is 1.82. The minimum atomic E-state index is -0.988. The Labute approximate surface area is 193 Å². The molecule has 1 aliphatic heterocycles. The molecule has 0 saturated carbocycles. The predicted molar refractivity (Wildman–Crippen MR) is 122 cm³/mol. The van der Waals surface area contributed by atoms with E-state index < -0.39 is 12.0 Å². The van der Waals surface area contributed by atoms with Gasteiger partial charge in [-0.25, -0.2) is 9.59 Å². The van der Waals surface area contributed by atoms with Crippen LogP contribution in [0.2, 0.25) is 0 Å². The third-order valence-electron chi connectivity index (χ3n) is 4.64. The van der Waals surface area contributed by atoms with E-state index in [0.717, 1.165) is 5.56 Å². The molecule has 0 unspecified atom stereocenters. The zero-order valence-corrected chi connectivity index (χ0v) is 19.3. The van der Waals surface area contributed by atoms with Gasteiger partial charge < -0.3 is 19.9 Å². The second kappa shape index (κ2) is 10.3. The summed E-state index contributed by atoms with van der Waals surface area (Å²) in [6, 6.07) is 9.47. The van der Waals surface area contributed by atoms with Gasteiger partial charge in [0.25, 0.3) is 5.91 Å². The van der Waals surface area contributed by atoms with Crippen molar-refractivity contribution in [3.63, 3.8) is 0 Å². The number of ether oxygens (including phenoxy) is 2. The van der Waals surface area contributed by atoms with E-state index in [-0.39, 0.29) is 23.8 Å². The summed E-state index contributed by atoms with van der Waals surface area (Å²) in [4.78, 5) is 36.6. The number of aromatic carboxylic acids is 1. The van der Waals surface area contributed by atoms with Crippen molar-refractivity contribution in [2.24, 2.45) is 0 Å². The molecule has 0 atom stereocenters. The molecule has 0 aliphatic carbocycles. The lowest BCUT2D eigenvalue weighted by molar-refractivity contribution is -0.122. The number of hydrogen-bond acceptors (Lipinski definition) is 5. The molecular formula is C23H23BrN2O6. The number of hydrogen-bond donors (Lipinski definition) is 2. The average Bonchev–Trinajstić information content (AvgIpc) is 3.01. The number of urea groups is 1. The van der Waals surface area contributed by atoms with Crippen LogP contribution in [0.5, 0.6) is 11.5 Å². The number of rotatable bonds is 9. The molecule has 1 fully saturated rings. The smallest absolute Gasteiger partial charge is 0.335 e. The zero-order valence-electron chi connectivity index (χ0n) is 17.7. The molecule has 1 saturated heterocycles. The summed E-state index contributed by atoms with van der Waals surface area (Å²) in [5, 5.41) is 11.6. The van der Waals surface area contributed by atoms with Crippen LogP contribution < -0.4 is 14.8 Å². The summed E-state index contributed by atoms with van der Waals surface area (Å²) < 4.78 is 12.3. The molecule has 32 heavy (non-hydrogen) atoms. The molecule has 1 heterocycles. The van der Waals surface area contributed by atoms with Gasteiger partial charge in [-0.3, -0.25) is 9.69 Å². The molecule has 8 nitrogen and oxygen atoms in total. The van der Waals surface area contributed by atoms with Gasteiger partial charge in [0.15, 0.2) is 11.5 Å². The van der Waals surface area contributed by atoms with E-state index >= 15 is 0 Å². The number of imide groups is 1. The van der Waals surface area contributed by atoms with E-state index in [1.54, 1.807) is 30.3 Å². The fourth-order valence-corrected chi connectivity index (χ4v) is 3.71. The van der Waals surface area contributed by atoms with Crippen molar-refractivity contribution in [1.82, 2.24) is 10.2 Å². The van der Waals surface area contributed by atoms with Crippen LogP contribution in [-0.4, -0.2) is 41.1 Å². The average molecular weight is 503 g/mol. The van der Waals surface area contributed by atoms with Crippen LogP contribution in [0.3, 0.4) is 0 Å². The Kier molecular flexibility index (Phi) is 7.53. The molecule has 0 radical (unpaired) electrons. The number of carbonyl (C=O) groups excluding carboxylic acids is 2. The minimum Gasteiger partial charge on any atom is -0.490 e. The Hall–Kier alpha value is -3.33. The van der Waals surface area contributed by atoms with E-state index in [0.29, 0.717) is 41.1 Å². The highest BCUT2D eigenvalue weighted by atomic mass is 79.9. The van der Waals surface area contributed by atoms with Gasteiger partial charge in [0.1, 0.15) is 12.3 Å². The maximum atomic E-state index is 12.5. The molecular weight excluding hydrogens is 480 g/mol.